The number of rotatable bonds is 2. The monoisotopic (exact) mass is 281 g/mol. The quantitative estimate of drug-likeness (QED) is 0.832. The number of fused-ring (bicyclic) bond motifs is 1. The summed E-state index contributed by atoms with van der Waals surface area (Å²) < 4.78 is 5.77. The summed E-state index contributed by atoms with van der Waals surface area (Å²) in [6, 6.07) is 1.39. The number of hydrogen-bond donors (Lipinski definition) is 1. The fourth-order valence-corrected chi connectivity index (χ4v) is 4.72. The number of piperazine rings is 1. The van der Waals surface area contributed by atoms with E-state index in [0.29, 0.717) is 12.1 Å². The molecule has 0 amide bonds. The fraction of sp³-hybridized carbons (Fsp3) is 1.00. The van der Waals surface area contributed by atoms with Crippen molar-refractivity contribution in [1.82, 2.24) is 9.80 Å². The molecular formula is C16H31N3O. The predicted octanol–water partition coefficient (Wildman–Crippen LogP) is 1.44. The molecule has 3 rings (SSSR count). The zero-order valence-corrected chi connectivity index (χ0v) is 13.2. The molecule has 4 heteroatoms. The van der Waals surface area contributed by atoms with Crippen molar-refractivity contribution in [2.45, 2.75) is 69.7 Å². The summed E-state index contributed by atoms with van der Waals surface area (Å²) in [5, 5.41) is 0. The standard InChI is InChI=1S/C16H31N3O/c1-13-10-18-7-4-3-5-15(18)11-19(13)16(12-17)6-8-20-14(2)9-16/h13-15H,3-12,17H2,1-2H3. The normalized spacial score (nSPS) is 44.2. The molecule has 0 spiro atoms. The van der Waals surface area contributed by atoms with Gasteiger partial charge in [0.2, 0.25) is 0 Å². The molecule has 0 radical (unpaired) electrons. The first kappa shape index (κ1) is 14.8. The maximum absolute atomic E-state index is 6.25. The van der Waals surface area contributed by atoms with Crippen molar-refractivity contribution in [3.05, 3.63) is 0 Å². The van der Waals surface area contributed by atoms with Crippen molar-refractivity contribution >= 4 is 0 Å². The molecule has 4 atom stereocenters. The average molecular weight is 281 g/mol. The third-order valence-corrected chi connectivity index (χ3v) is 5.81. The van der Waals surface area contributed by atoms with Crippen LogP contribution in [0.25, 0.3) is 0 Å². The lowest BCUT2D eigenvalue weighted by Crippen LogP contribution is -2.68. The van der Waals surface area contributed by atoms with Gasteiger partial charge in [-0.15, -0.1) is 0 Å². The summed E-state index contributed by atoms with van der Waals surface area (Å²) >= 11 is 0. The van der Waals surface area contributed by atoms with E-state index in [4.69, 9.17) is 10.5 Å². The van der Waals surface area contributed by atoms with Crippen LogP contribution in [0.2, 0.25) is 0 Å². The van der Waals surface area contributed by atoms with Gasteiger partial charge >= 0.3 is 0 Å². The lowest BCUT2D eigenvalue weighted by Gasteiger charge is -2.56. The van der Waals surface area contributed by atoms with Gasteiger partial charge in [0, 0.05) is 43.9 Å². The van der Waals surface area contributed by atoms with Gasteiger partial charge in [-0.25, -0.2) is 0 Å². The van der Waals surface area contributed by atoms with Crippen LogP contribution in [0.1, 0.15) is 46.0 Å². The van der Waals surface area contributed by atoms with Crippen LogP contribution in [0.3, 0.4) is 0 Å². The highest BCUT2D eigenvalue weighted by Crippen LogP contribution is 2.35. The second-order valence-electron chi connectivity index (χ2n) is 7.21. The summed E-state index contributed by atoms with van der Waals surface area (Å²) in [7, 11) is 0. The van der Waals surface area contributed by atoms with Crippen LogP contribution in [0.4, 0.5) is 0 Å². The van der Waals surface area contributed by atoms with E-state index >= 15 is 0 Å². The molecule has 20 heavy (non-hydrogen) atoms. The Morgan fingerprint density at radius 3 is 2.85 bits per heavy atom. The van der Waals surface area contributed by atoms with E-state index in [2.05, 4.69) is 23.6 Å². The van der Waals surface area contributed by atoms with Crippen molar-refractivity contribution in [3.8, 4) is 0 Å². The molecule has 0 aromatic carbocycles. The summed E-state index contributed by atoms with van der Waals surface area (Å²) in [5.41, 5.74) is 6.43. The maximum Gasteiger partial charge on any atom is 0.0565 e. The van der Waals surface area contributed by atoms with E-state index in [1.54, 1.807) is 0 Å². The van der Waals surface area contributed by atoms with Gasteiger partial charge in [-0.1, -0.05) is 6.42 Å². The second kappa shape index (κ2) is 5.91. The SMILES string of the molecule is CC1CC(CN)(N2CC3CCCCN3CC2C)CCO1. The molecule has 0 aliphatic carbocycles. The van der Waals surface area contributed by atoms with Crippen LogP contribution in [0.5, 0.6) is 0 Å². The topological polar surface area (TPSA) is 41.7 Å². The molecule has 3 saturated heterocycles. The van der Waals surface area contributed by atoms with E-state index in [1.807, 2.05) is 0 Å². The van der Waals surface area contributed by atoms with E-state index in [-0.39, 0.29) is 5.54 Å². The van der Waals surface area contributed by atoms with Crippen LogP contribution in [-0.4, -0.2) is 66.3 Å². The molecule has 0 aromatic heterocycles. The molecule has 116 valence electrons. The minimum absolute atomic E-state index is 0.181. The Morgan fingerprint density at radius 2 is 2.10 bits per heavy atom. The molecule has 3 heterocycles. The number of nitrogens with zero attached hydrogens (tertiary/aromatic N) is 2. The Labute approximate surface area is 123 Å². The highest BCUT2D eigenvalue weighted by atomic mass is 16.5. The van der Waals surface area contributed by atoms with Crippen molar-refractivity contribution in [2.24, 2.45) is 5.73 Å². The molecule has 4 nitrogen and oxygen atoms in total. The number of ether oxygens (including phenoxy) is 1. The van der Waals surface area contributed by atoms with Gasteiger partial charge in [-0.2, -0.15) is 0 Å². The van der Waals surface area contributed by atoms with Crippen molar-refractivity contribution in [3.63, 3.8) is 0 Å². The van der Waals surface area contributed by atoms with Gasteiger partial charge in [0.05, 0.1) is 6.10 Å². The Hall–Kier alpha value is -0.160. The minimum Gasteiger partial charge on any atom is -0.378 e. The van der Waals surface area contributed by atoms with E-state index in [9.17, 15) is 0 Å². The highest BCUT2D eigenvalue weighted by Gasteiger charge is 2.45. The van der Waals surface area contributed by atoms with Crippen LogP contribution >= 0.6 is 0 Å². The van der Waals surface area contributed by atoms with E-state index in [1.165, 1.54) is 38.9 Å². The third-order valence-electron chi connectivity index (χ3n) is 5.81. The summed E-state index contributed by atoms with van der Waals surface area (Å²) in [6.07, 6.45) is 6.71. The Morgan fingerprint density at radius 1 is 1.25 bits per heavy atom. The zero-order chi connectivity index (χ0) is 14.2. The molecule has 3 aliphatic rings. The van der Waals surface area contributed by atoms with Crippen LogP contribution in [0, 0.1) is 0 Å². The number of piperidine rings is 1. The average Bonchev–Trinajstić information content (AvgIpc) is 2.46. The molecule has 0 saturated carbocycles. The number of nitrogens with two attached hydrogens (primary N) is 1. The smallest absolute Gasteiger partial charge is 0.0565 e. The van der Waals surface area contributed by atoms with Crippen molar-refractivity contribution < 1.29 is 4.74 Å². The first-order valence-corrected chi connectivity index (χ1v) is 8.47. The summed E-state index contributed by atoms with van der Waals surface area (Å²) in [4.78, 5) is 5.47. The maximum atomic E-state index is 6.25. The largest absolute Gasteiger partial charge is 0.378 e. The minimum atomic E-state index is 0.181. The van der Waals surface area contributed by atoms with Gasteiger partial charge in [-0.05, 0) is 46.1 Å². The lowest BCUT2D eigenvalue weighted by molar-refractivity contribution is -0.107. The summed E-state index contributed by atoms with van der Waals surface area (Å²) in [6.45, 7) is 9.98. The van der Waals surface area contributed by atoms with Crippen molar-refractivity contribution in [2.75, 3.05) is 32.8 Å². The Kier molecular flexibility index (Phi) is 4.37. The second-order valence-corrected chi connectivity index (χ2v) is 7.21. The highest BCUT2D eigenvalue weighted by molar-refractivity contribution is 5.02. The number of hydrogen-bond acceptors (Lipinski definition) is 4. The van der Waals surface area contributed by atoms with E-state index in [0.717, 1.165) is 32.0 Å². The molecule has 0 bridgehead atoms. The molecule has 3 fully saturated rings. The van der Waals surface area contributed by atoms with Crippen LogP contribution < -0.4 is 5.73 Å². The molecule has 3 aliphatic heterocycles. The summed E-state index contributed by atoms with van der Waals surface area (Å²) in [5.74, 6) is 0. The van der Waals surface area contributed by atoms with Gasteiger partial charge in [0.15, 0.2) is 0 Å². The Balaban J connectivity index is 1.76. The van der Waals surface area contributed by atoms with Gasteiger partial charge in [0.1, 0.15) is 0 Å². The Bertz CT molecular complexity index is 338. The lowest BCUT2D eigenvalue weighted by atomic mass is 9.82. The van der Waals surface area contributed by atoms with E-state index < -0.39 is 0 Å². The fourth-order valence-electron chi connectivity index (χ4n) is 4.72. The van der Waals surface area contributed by atoms with Crippen molar-refractivity contribution in [1.29, 1.82) is 0 Å². The zero-order valence-electron chi connectivity index (χ0n) is 13.2. The molecule has 2 N–H and O–H groups in total. The molecular weight excluding hydrogens is 250 g/mol. The van der Waals surface area contributed by atoms with Gasteiger partial charge < -0.3 is 10.5 Å². The van der Waals surface area contributed by atoms with Crippen LogP contribution in [-0.2, 0) is 4.74 Å². The first-order valence-electron chi connectivity index (χ1n) is 8.47. The van der Waals surface area contributed by atoms with Crippen LogP contribution in [0.15, 0.2) is 0 Å². The van der Waals surface area contributed by atoms with Gasteiger partial charge in [-0.3, -0.25) is 9.80 Å². The third kappa shape index (κ3) is 2.63. The first-order chi connectivity index (χ1) is 9.64. The molecule has 0 aromatic rings. The predicted molar refractivity (Wildman–Crippen MR) is 81.8 cm³/mol. The van der Waals surface area contributed by atoms with Gasteiger partial charge in [0.25, 0.3) is 0 Å². The molecule has 4 unspecified atom stereocenters.